The van der Waals surface area contributed by atoms with E-state index in [1.54, 1.807) is 11.6 Å². The molecule has 1 fully saturated rings. The largest absolute Gasteiger partial charge is 0.378 e. The van der Waals surface area contributed by atoms with Crippen LogP contribution in [0.4, 0.5) is 11.4 Å². The van der Waals surface area contributed by atoms with Gasteiger partial charge in [-0.3, -0.25) is 9.48 Å². The Balaban J connectivity index is 1.75. The maximum absolute atomic E-state index is 12.5. The highest BCUT2D eigenvalue weighted by molar-refractivity contribution is 7.91. The van der Waals surface area contributed by atoms with E-state index in [4.69, 9.17) is 0 Å². The normalized spacial score (nSPS) is 18.9. The Labute approximate surface area is 147 Å². The average Bonchev–Trinajstić information content (AvgIpc) is 3.10. The van der Waals surface area contributed by atoms with E-state index in [1.165, 1.54) is 6.20 Å². The number of sulfone groups is 1. The van der Waals surface area contributed by atoms with Crippen molar-refractivity contribution in [2.45, 2.75) is 19.4 Å². The molecule has 1 aromatic carbocycles. The van der Waals surface area contributed by atoms with Crippen molar-refractivity contribution in [2.75, 3.05) is 35.8 Å². The Morgan fingerprint density at radius 1 is 1.28 bits per heavy atom. The lowest BCUT2D eigenvalue weighted by molar-refractivity contribution is 0.102. The van der Waals surface area contributed by atoms with Gasteiger partial charge in [0.25, 0.3) is 5.91 Å². The lowest BCUT2D eigenvalue weighted by Crippen LogP contribution is -2.16. The second kappa shape index (κ2) is 6.51. The predicted molar refractivity (Wildman–Crippen MR) is 98.0 cm³/mol. The number of carbonyl (C=O) groups is 1. The quantitative estimate of drug-likeness (QED) is 0.898. The minimum atomic E-state index is -3.00. The van der Waals surface area contributed by atoms with Gasteiger partial charge in [0.1, 0.15) is 0 Å². The first-order valence-electron chi connectivity index (χ1n) is 8.10. The summed E-state index contributed by atoms with van der Waals surface area (Å²) in [6.07, 6.45) is 2.04. The Bertz CT molecular complexity index is 885. The van der Waals surface area contributed by atoms with E-state index in [9.17, 15) is 13.2 Å². The number of nitrogens with zero attached hydrogens (tertiary/aromatic N) is 3. The Hall–Kier alpha value is -2.35. The van der Waals surface area contributed by atoms with E-state index in [0.717, 1.165) is 5.69 Å². The van der Waals surface area contributed by atoms with Crippen LogP contribution in [0.1, 0.15) is 28.5 Å². The van der Waals surface area contributed by atoms with Crippen LogP contribution in [0, 0.1) is 6.92 Å². The molecule has 0 bridgehead atoms. The molecule has 1 aliphatic heterocycles. The Morgan fingerprint density at radius 2 is 1.96 bits per heavy atom. The van der Waals surface area contributed by atoms with Crippen molar-refractivity contribution in [2.24, 2.45) is 0 Å². The summed E-state index contributed by atoms with van der Waals surface area (Å²) in [5.74, 6) is 0.0152. The van der Waals surface area contributed by atoms with Crippen molar-refractivity contribution < 1.29 is 13.2 Å². The van der Waals surface area contributed by atoms with Crippen LogP contribution in [-0.4, -0.2) is 49.7 Å². The molecule has 2 heterocycles. The van der Waals surface area contributed by atoms with Gasteiger partial charge in [-0.15, -0.1) is 0 Å². The van der Waals surface area contributed by atoms with Crippen LogP contribution in [0.15, 0.2) is 30.5 Å². The van der Waals surface area contributed by atoms with E-state index in [2.05, 4.69) is 10.4 Å². The third-order valence-electron chi connectivity index (χ3n) is 4.49. The topological polar surface area (TPSA) is 84.3 Å². The van der Waals surface area contributed by atoms with Crippen molar-refractivity contribution in [3.05, 3.63) is 41.7 Å². The molecule has 1 amide bonds. The van der Waals surface area contributed by atoms with Crippen LogP contribution in [0.2, 0.25) is 0 Å². The van der Waals surface area contributed by atoms with Gasteiger partial charge in [0, 0.05) is 31.2 Å². The number of aromatic nitrogens is 2. The van der Waals surface area contributed by atoms with Gasteiger partial charge >= 0.3 is 0 Å². The number of carbonyl (C=O) groups excluding carboxylic acids is 1. The first kappa shape index (κ1) is 17.5. The fourth-order valence-electron chi connectivity index (χ4n) is 3.02. The average molecular weight is 362 g/mol. The number of nitrogens with one attached hydrogen (secondary N) is 1. The zero-order valence-corrected chi connectivity index (χ0v) is 15.4. The molecule has 1 unspecified atom stereocenters. The lowest BCUT2D eigenvalue weighted by atomic mass is 10.2. The summed E-state index contributed by atoms with van der Waals surface area (Å²) in [6, 6.07) is 7.35. The number of benzene rings is 1. The lowest BCUT2D eigenvalue weighted by Gasteiger charge is -2.13. The van der Waals surface area contributed by atoms with E-state index in [-0.39, 0.29) is 23.5 Å². The van der Waals surface area contributed by atoms with Crippen LogP contribution in [-0.2, 0) is 9.84 Å². The molecule has 3 rings (SSSR count). The first-order chi connectivity index (χ1) is 11.8. The molecule has 25 heavy (non-hydrogen) atoms. The van der Waals surface area contributed by atoms with Crippen LogP contribution in [0.25, 0.3) is 0 Å². The fourth-order valence-corrected chi connectivity index (χ4v) is 4.72. The maximum Gasteiger partial charge on any atom is 0.259 e. The van der Waals surface area contributed by atoms with Gasteiger partial charge in [-0.1, -0.05) is 0 Å². The molecule has 0 radical (unpaired) electrons. The van der Waals surface area contributed by atoms with Gasteiger partial charge in [0.15, 0.2) is 9.84 Å². The third-order valence-corrected chi connectivity index (χ3v) is 6.24. The molecule has 1 aromatic heterocycles. The second-order valence-electron chi connectivity index (χ2n) is 6.54. The van der Waals surface area contributed by atoms with Crippen LogP contribution >= 0.6 is 0 Å². The fraction of sp³-hybridized carbons (Fsp3) is 0.412. The highest BCUT2D eigenvalue weighted by Gasteiger charge is 2.31. The second-order valence-corrected chi connectivity index (χ2v) is 8.77. The molecule has 134 valence electrons. The summed E-state index contributed by atoms with van der Waals surface area (Å²) in [7, 11) is 0.909. The highest BCUT2D eigenvalue weighted by Crippen LogP contribution is 2.25. The van der Waals surface area contributed by atoms with Crippen molar-refractivity contribution in [1.82, 2.24) is 9.78 Å². The molecule has 8 heteroatoms. The summed E-state index contributed by atoms with van der Waals surface area (Å²) in [5.41, 5.74) is 2.89. The summed E-state index contributed by atoms with van der Waals surface area (Å²) in [4.78, 5) is 14.5. The summed E-state index contributed by atoms with van der Waals surface area (Å²) >= 11 is 0. The van der Waals surface area contributed by atoms with Gasteiger partial charge < -0.3 is 10.2 Å². The summed E-state index contributed by atoms with van der Waals surface area (Å²) in [6.45, 7) is 1.79. The molecule has 1 atom stereocenters. The minimum Gasteiger partial charge on any atom is -0.378 e. The van der Waals surface area contributed by atoms with Crippen LogP contribution < -0.4 is 10.2 Å². The Morgan fingerprint density at radius 3 is 2.52 bits per heavy atom. The summed E-state index contributed by atoms with van der Waals surface area (Å²) in [5, 5.41) is 7.10. The van der Waals surface area contributed by atoms with Gasteiger partial charge in [-0.05, 0) is 37.6 Å². The molecule has 1 saturated heterocycles. The zero-order valence-electron chi connectivity index (χ0n) is 14.6. The number of hydrogen-bond donors (Lipinski definition) is 1. The van der Waals surface area contributed by atoms with Gasteiger partial charge in [0.05, 0.1) is 29.3 Å². The van der Waals surface area contributed by atoms with Crippen molar-refractivity contribution >= 4 is 27.1 Å². The minimum absolute atomic E-state index is 0.0859. The molecule has 2 aromatic rings. The van der Waals surface area contributed by atoms with E-state index < -0.39 is 9.84 Å². The number of amides is 1. The van der Waals surface area contributed by atoms with E-state index >= 15 is 0 Å². The highest BCUT2D eigenvalue weighted by atomic mass is 32.2. The standard InChI is InChI=1S/C17H22N4O3S/c1-12-16(10-18-21(12)15-8-9-25(23,24)11-15)17(22)19-13-4-6-14(7-5-13)20(2)3/h4-7,10,15H,8-9,11H2,1-3H3,(H,19,22). The molecule has 0 aliphatic carbocycles. The van der Waals surface area contributed by atoms with Crippen LogP contribution in [0.5, 0.6) is 0 Å². The number of rotatable bonds is 4. The van der Waals surface area contributed by atoms with Crippen molar-refractivity contribution in [3.63, 3.8) is 0 Å². The molecule has 0 spiro atoms. The monoisotopic (exact) mass is 362 g/mol. The summed E-state index contributed by atoms with van der Waals surface area (Å²) < 4.78 is 25.0. The van der Waals surface area contributed by atoms with Crippen molar-refractivity contribution in [3.8, 4) is 0 Å². The smallest absolute Gasteiger partial charge is 0.259 e. The SMILES string of the molecule is Cc1c(C(=O)Nc2ccc(N(C)C)cc2)cnn1C1CCS(=O)(=O)C1. The molecule has 1 N–H and O–H groups in total. The first-order valence-corrected chi connectivity index (χ1v) is 9.92. The number of hydrogen-bond acceptors (Lipinski definition) is 5. The zero-order chi connectivity index (χ0) is 18.2. The molecular weight excluding hydrogens is 340 g/mol. The van der Waals surface area contributed by atoms with E-state index in [1.807, 2.05) is 43.3 Å². The van der Waals surface area contributed by atoms with Gasteiger partial charge in [-0.2, -0.15) is 5.10 Å². The van der Waals surface area contributed by atoms with Gasteiger partial charge in [-0.25, -0.2) is 8.42 Å². The maximum atomic E-state index is 12.5. The molecule has 0 saturated carbocycles. The van der Waals surface area contributed by atoms with E-state index in [0.29, 0.717) is 23.4 Å². The molecule has 1 aliphatic rings. The number of anilines is 2. The third kappa shape index (κ3) is 3.68. The van der Waals surface area contributed by atoms with Crippen molar-refractivity contribution in [1.29, 1.82) is 0 Å². The van der Waals surface area contributed by atoms with Gasteiger partial charge in [0.2, 0.25) is 0 Å². The molecular formula is C17H22N4O3S. The predicted octanol–water partition coefficient (Wildman–Crippen LogP) is 1.87. The molecule has 7 nitrogen and oxygen atoms in total. The van der Waals surface area contributed by atoms with Crippen LogP contribution in [0.3, 0.4) is 0 Å². The Kier molecular flexibility index (Phi) is 4.55.